The molecule has 0 aromatic carbocycles. The van der Waals surface area contributed by atoms with E-state index in [1.807, 2.05) is 0 Å². The normalized spacial score (nSPS) is 24.1. The predicted molar refractivity (Wildman–Crippen MR) is 64.6 cm³/mol. The highest BCUT2D eigenvalue weighted by molar-refractivity contribution is 5.85. The van der Waals surface area contributed by atoms with Crippen molar-refractivity contribution in [1.29, 1.82) is 0 Å². The first-order valence-electron chi connectivity index (χ1n) is 5.73. The van der Waals surface area contributed by atoms with E-state index in [0.717, 1.165) is 0 Å². The zero-order chi connectivity index (χ0) is 11.6. The smallest absolute Gasteiger partial charge is 0.141 e. The van der Waals surface area contributed by atoms with E-state index < -0.39 is 0 Å². The van der Waals surface area contributed by atoms with E-state index in [-0.39, 0.29) is 11.3 Å². The van der Waals surface area contributed by atoms with Crippen molar-refractivity contribution in [3.8, 4) is 0 Å². The van der Waals surface area contributed by atoms with Crippen molar-refractivity contribution >= 4 is 5.78 Å². The SMILES string of the molecule is CC1=CC=CC(C)(C)C1C(=O)CC(C)C. The van der Waals surface area contributed by atoms with E-state index in [1.54, 1.807) is 0 Å². The number of allylic oxidation sites excluding steroid dienone is 4. The van der Waals surface area contributed by atoms with Crippen molar-refractivity contribution in [2.24, 2.45) is 17.3 Å². The summed E-state index contributed by atoms with van der Waals surface area (Å²) in [7, 11) is 0. The molecule has 0 heterocycles. The molecule has 0 radical (unpaired) electrons. The maximum absolute atomic E-state index is 12.2. The quantitative estimate of drug-likeness (QED) is 0.687. The zero-order valence-electron chi connectivity index (χ0n) is 10.5. The average Bonchev–Trinajstić information content (AvgIpc) is 1.99. The summed E-state index contributed by atoms with van der Waals surface area (Å²) < 4.78 is 0. The van der Waals surface area contributed by atoms with Gasteiger partial charge >= 0.3 is 0 Å². The van der Waals surface area contributed by atoms with Gasteiger partial charge in [0.25, 0.3) is 0 Å². The lowest BCUT2D eigenvalue weighted by Gasteiger charge is -2.34. The van der Waals surface area contributed by atoms with Crippen LogP contribution in [0.5, 0.6) is 0 Å². The third kappa shape index (κ3) is 2.80. The lowest BCUT2D eigenvalue weighted by molar-refractivity contribution is -0.124. The van der Waals surface area contributed by atoms with Gasteiger partial charge in [-0.3, -0.25) is 4.79 Å². The molecule has 0 aromatic heterocycles. The fourth-order valence-electron chi connectivity index (χ4n) is 2.42. The highest BCUT2D eigenvalue weighted by Gasteiger charge is 2.35. The van der Waals surface area contributed by atoms with Gasteiger partial charge in [0.1, 0.15) is 5.78 Å². The Morgan fingerprint density at radius 3 is 2.53 bits per heavy atom. The molecule has 84 valence electrons. The monoisotopic (exact) mass is 206 g/mol. The molecular formula is C14H22O. The van der Waals surface area contributed by atoms with Gasteiger partial charge in [0.15, 0.2) is 0 Å². The van der Waals surface area contributed by atoms with Gasteiger partial charge in [0.05, 0.1) is 0 Å². The van der Waals surface area contributed by atoms with E-state index >= 15 is 0 Å². The summed E-state index contributed by atoms with van der Waals surface area (Å²) in [6.45, 7) is 10.5. The second-order valence-electron chi connectivity index (χ2n) is 5.59. The molecule has 0 aromatic rings. The minimum atomic E-state index is -0.0230. The molecule has 15 heavy (non-hydrogen) atoms. The number of ketones is 1. The predicted octanol–water partition coefficient (Wildman–Crippen LogP) is 3.76. The molecule has 0 spiro atoms. The van der Waals surface area contributed by atoms with Crippen LogP contribution in [-0.4, -0.2) is 5.78 Å². The maximum Gasteiger partial charge on any atom is 0.141 e. The molecule has 1 unspecified atom stereocenters. The van der Waals surface area contributed by atoms with Gasteiger partial charge in [0, 0.05) is 12.3 Å². The van der Waals surface area contributed by atoms with Crippen LogP contribution in [0.15, 0.2) is 23.8 Å². The van der Waals surface area contributed by atoms with Crippen LogP contribution in [0, 0.1) is 17.3 Å². The molecule has 0 saturated heterocycles. The molecule has 0 bridgehead atoms. The van der Waals surface area contributed by atoms with Crippen LogP contribution in [0.3, 0.4) is 0 Å². The molecule has 1 aliphatic carbocycles. The fourth-order valence-corrected chi connectivity index (χ4v) is 2.42. The number of carbonyl (C=O) groups excluding carboxylic acids is 1. The van der Waals surface area contributed by atoms with E-state index in [9.17, 15) is 4.79 Å². The van der Waals surface area contributed by atoms with E-state index in [0.29, 0.717) is 18.1 Å². The second kappa shape index (κ2) is 4.34. The first-order valence-corrected chi connectivity index (χ1v) is 5.73. The van der Waals surface area contributed by atoms with E-state index in [4.69, 9.17) is 0 Å². The van der Waals surface area contributed by atoms with Crippen LogP contribution in [0.1, 0.15) is 41.0 Å². The van der Waals surface area contributed by atoms with Gasteiger partial charge < -0.3 is 0 Å². The van der Waals surface area contributed by atoms with Gasteiger partial charge in [-0.2, -0.15) is 0 Å². The summed E-state index contributed by atoms with van der Waals surface area (Å²) in [5, 5.41) is 0. The van der Waals surface area contributed by atoms with Crippen molar-refractivity contribution in [2.75, 3.05) is 0 Å². The summed E-state index contributed by atoms with van der Waals surface area (Å²) >= 11 is 0. The Balaban J connectivity index is 2.87. The van der Waals surface area contributed by atoms with E-state index in [2.05, 4.69) is 52.8 Å². The molecule has 0 N–H and O–H groups in total. The van der Waals surface area contributed by atoms with Crippen molar-refractivity contribution in [2.45, 2.75) is 41.0 Å². The Bertz CT molecular complexity index is 305. The Kier molecular flexibility index (Phi) is 3.54. The summed E-state index contributed by atoms with van der Waals surface area (Å²) in [5.74, 6) is 0.907. The first-order chi connectivity index (χ1) is 6.84. The van der Waals surface area contributed by atoms with Crippen LogP contribution >= 0.6 is 0 Å². The number of hydrogen-bond donors (Lipinski definition) is 0. The van der Waals surface area contributed by atoms with Gasteiger partial charge in [0.2, 0.25) is 0 Å². The van der Waals surface area contributed by atoms with Crippen LogP contribution < -0.4 is 0 Å². The molecule has 0 amide bonds. The average molecular weight is 206 g/mol. The largest absolute Gasteiger partial charge is 0.299 e. The van der Waals surface area contributed by atoms with Gasteiger partial charge in [-0.1, -0.05) is 51.5 Å². The van der Waals surface area contributed by atoms with Crippen LogP contribution in [-0.2, 0) is 4.79 Å². The number of carbonyl (C=O) groups is 1. The summed E-state index contributed by atoms with van der Waals surface area (Å²) in [6, 6.07) is 0. The highest BCUT2D eigenvalue weighted by atomic mass is 16.1. The lowest BCUT2D eigenvalue weighted by atomic mass is 9.69. The molecule has 0 aliphatic heterocycles. The second-order valence-corrected chi connectivity index (χ2v) is 5.59. The third-order valence-electron chi connectivity index (χ3n) is 3.02. The number of rotatable bonds is 3. The van der Waals surface area contributed by atoms with Gasteiger partial charge in [-0.25, -0.2) is 0 Å². The lowest BCUT2D eigenvalue weighted by Crippen LogP contribution is -2.32. The molecule has 1 nitrogen and oxygen atoms in total. The minimum Gasteiger partial charge on any atom is -0.299 e. The fraction of sp³-hybridized carbons (Fsp3) is 0.643. The Labute approximate surface area is 93.3 Å². The van der Waals surface area contributed by atoms with Crippen molar-refractivity contribution in [3.63, 3.8) is 0 Å². The first kappa shape index (κ1) is 12.2. The molecule has 1 rings (SSSR count). The van der Waals surface area contributed by atoms with Crippen LogP contribution in [0.4, 0.5) is 0 Å². The summed E-state index contributed by atoms with van der Waals surface area (Å²) in [4.78, 5) is 12.2. The standard InChI is InChI=1S/C14H22O/c1-10(2)9-12(15)13-11(3)7-6-8-14(13,4)5/h6-8,10,13H,9H2,1-5H3. The Morgan fingerprint density at radius 2 is 2.07 bits per heavy atom. The van der Waals surface area contributed by atoms with Crippen molar-refractivity contribution < 1.29 is 4.79 Å². The molecular weight excluding hydrogens is 184 g/mol. The van der Waals surface area contributed by atoms with E-state index in [1.165, 1.54) is 5.57 Å². The van der Waals surface area contributed by atoms with Crippen LogP contribution in [0.25, 0.3) is 0 Å². The maximum atomic E-state index is 12.2. The molecule has 0 fully saturated rings. The molecule has 1 aliphatic rings. The third-order valence-corrected chi connectivity index (χ3v) is 3.02. The Hall–Kier alpha value is -0.850. The number of Topliss-reactive ketones (excluding diaryl/α,β-unsaturated/α-hetero) is 1. The highest BCUT2D eigenvalue weighted by Crippen LogP contribution is 2.38. The Morgan fingerprint density at radius 1 is 1.47 bits per heavy atom. The molecule has 1 heteroatoms. The molecule has 1 atom stereocenters. The van der Waals surface area contributed by atoms with Gasteiger partial charge in [-0.15, -0.1) is 0 Å². The summed E-state index contributed by atoms with van der Waals surface area (Å²) in [5.41, 5.74) is 1.18. The number of hydrogen-bond acceptors (Lipinski definition) is 1. The topological polar surface area (TPSA) is 17.1 Å². The minimum absolute atomic E-state index is 0.0230. The summed E-state index contributed by atoms with van der Waals surface area (Å²) in [6.07, 6.45) is 6.96. The van der Waals surface area contributed by atoms with Crippen molar-refractivity contribution in [1.82, 2.24) is 0 Å². The molecule has 0 saturated carbocycles. The van der Waals surface area contributed by atoms with Gasteiger partial charge in [-0.05, 0) is 18.3 Å². The van der Waals surface area contributed by atoms with Crippen molar-refractivity contribution in [3.05, 3.63) is 23.8 Å². The van der Waals surface area contributed by atoms with Crippen LogP contribution in [0.2, 0.25) is 0 Å². The zero-order valence-corrected chi connectivity index (χ0v) is 10.5.